The molecule has 1 heterocycles. The van der Waals surface area contributed by atoms with Gasteiger partial charge in [-0.3, -0.25) is 4.79 Å². The number of aromatic nitrogens is 1. The van der Waals surface area contributed by atoms with Crippen LogP contribution in [-0.2, 0) is 17.8 Å². The first-order valence-corrected chi connectivity index (χ1v) is 7.17. The molecule has 1 aromatic carbocycles. The van der Waals surface area contributed by atoms with E-state index in [9.17, 15) is 4.79 Å². The predicted octanol–water partition coefficient (Wildman–Crippen LogP) is 2.78. The maximum atomic E-state index is 10.6. The molecular weight excluding hydrogens is 276 g/mol. The van der Waals surface area contributed by atoms with Gasteiger partial charge in [0.2, 0.25) is 0 Å². The van der Waals surface area contributed by atoms with Crippen molar-refractivity contribution >= 4 is 22.4 Å². The summed E-state index contributed by atoms with van der Waals surface area (Å²) < 4.78 is 5.38. The van der Waals surface area contributed by atoms with Gasteiger partial charge in [-0.25, -0.2) is 4.98 Å². The van der Waals surface area contributed by atoms with E-state index in [2.05, 4.69) is 10.3 Å². The van der Waals surface area contributed by atoms with Crippen molar-refractivity contribution in [2.24, 2.45) is 0 Å². The summed E-state index contributed by atoms with van der Waals surface area (Å²) in [4.78, 5) is 14.8. The van der Waals surface area contributed by atoms with Crippen molar-refractivity contribution in [3.63, 3.8) is 0 Å². The predicted molar refractivity (Wildman–Crippen MR) is 78.4 cm³/mol. The number of benzene rings is 1. The monoisotopic (exact) mass is 292 g/mol. The normalized spacial score (nSPS) is 10.2. The molecule has 2 aromatic rings. The quantitative estimate of drug-likeness (QED) is 0.821. The van der Waals surface area contributed by atoms with E-state index in [0.717, 1.165) is 16.4 Å². The number of anilines is 1. The zero-order valence-electron chi connectivity index (χ0n) is 11.1. The highest BCUT2D eigenvalue weighted by atomic mass is 32.1. The van der Waals surface area contributed by atoms with Crippen LogP contribution >= 0.6 is 11.3 Å². The molecule has 6 heteroatoms. The standard InChI is InChI=1S/C14H16N2O3S/c1-2-19-12-5-3-10(4-6-12)8-15-14-16-11(9-20-14)7-13(17)18/h3-6,9H,2,7-8H2,1H3,(H,15,16)(H,17,18). The Bertz CT molecular complexity index is 566. The highest BCUT2D eigenvalue weighted by Crippen LogP contribution is 2.18. The first-order chi connectivity index (χ1) is 9.67. The van der Waals surface area contributed by atoms with E-state index in [1.165, 1.54) is 11.3 Å². The van der Waals surface area contributed by atoms with Crippen LogP contribution in [0, 0.1) is 0 Å². The maximum Gasteiger partial charge on any atom is 0.309 e. The second-order valence-electron chi connectivity index (χ2n) is 4.15. The van der Waals surface area contributed by atoms with E-state index in [1.807, 2.05) is 31.2 Å². The Morgan fingerprint density at radius 3 is 2.80 bits per heavy atom. The molecular formula is C14H16N2O3S. The van der Waals surface area contributed by atoms with Gasteiger partial charge in [0, 0.05) is 11.9 Å². The lowest BCUT2D eigenvalue weighted by molar-refractivity contribution is -0.136. The Kier molecular flexibility index (Phi) is 4.95. The molecule has 0 aliphatic carbocycles. The Morgan fingerprint density at radius 2 is 2.15 bits per heavy atom. The number of carboxylic acids is 1. The number of nitrogens with zero attached hydrogens (tertiary/aromatic N) is 1. The summed E-state index contributed by atoms with van der Waals surface area (Å²) in [6.07, 6.45) is -0.0404. The summed E-state index contributed by atoms with van der Waals surface area (Å²) in [5.41, 5.74) is 1.69. The van der Waals surface area contributed by atoms with Gasteiger partial charge < -0.3 is 15.2 Å². The zero-order chi connectivity index (χ0) is 14.4. The average molecular weight is 292 g/mol. The topological polar surface area (TPSA) is 71.5 Å². The van der Waals surface area contributed by atoms with Gasteiger partial charge in [0.05, 0.1) is 18.7 Å². The third-order valence-corrected chi connectivity index (χ3v) is 3.41. The van der Waals surface area contributed by atoms with Crippen LogP contribution in [0.1, 0.15) is 18.2 Å². The van der Waals surface area contributed by atoms with Crippen molar-refractivity contribution in [2.75, 3.05) is 11.9 Å². The zero-order valence-corrected chi connectivity index (χ0v) is 11.9. The van der Waals surface area contributed by atoms with Crippen LogP contribution < -0.4 is 10.1 Å². The van der Waals surface area contributed by atoms with Crippen molar-refractivity contribution in [1.82, 2.24) is 4.98 Å². The van der Waals surface area contributed by atoms with E-state index in [-0.39, 0.29) is 6.42 Å². The van der Waals surface area contributed by atoms with Gasteiger partial charge in [-0.15, -0.1) is 11.3 Å². The lowest BCUT2D eigenvalue weighted by Gasteiger charge is -2.05. The first-order valence-electron chi connectivity index (χ1n) is 6.29. The number of rotatable bonds is 7. The fourth-order valence-electron chi connectivity index (χ4n) is 1.67. The molecule has 0 fully saturated rings. The largest absolute Gasteiger partial charge is 0.494 e. The van der Waals surface area contributed by atoms with Gasteiger partial charge in [-0.05, 0) is 24.6 Å². The number of hydrogen-bond acceptors (Lipinski definition) is 5. The molecule has 106 valence electrons. The molecule has 0 amide bonds. The summed E-state index contributed by atoms with van der Waals surface area (Å²) in [5.74, 6) is -0.0115. The molecule has 0 spiro atoms. The summed E-state index contributed by atoms with van der Waals surface area (Å²) in [7, 11) is 0. The van der Waals surface area contributed by atoms with Crippen LogP contribution in [0.3, 0.4) is 0 Å². The Labute approximate surface area is 121 Å². The third-order valence-electron chi connectivity index (χ3n) is 2.56. The fraction of sp³-hybridized carbons (Fsp3) is 0.286. The van der Waals surface area contributed by atoms with Crippen molar-refractivity contribution < 1.29 is 14.6 Å². The minimum Gasteiger partial charge on any atom is -0.494 e. The molecule has 0 aliphatic rings. The summed E-state index contributed by atoms with van der Waals surface area (Å²) >= 11 is 1.41. The van der Waals surface area contributed by atoms with Crippen molar-refractivity contribution in [2.45, 2.75) is 19.9 Å². The summed E-state index contributed by atoms with van der Waals surface area (Å²) in [6.45, 7) is 3.25. The number of carbonyl (C=O) groups is 1. The van der Waals surface area contributed by atoms with Gasteiger partial charge in [0.25, 0.3) is 0 Å². The molecule has 1 aromatic heterocycles. The number of aliphatic carboxylic acids is 1. The number of ether oxygens (including phenoxy) is 1. The summed E-state index contributed by atoms with van der Waals surface area (Å²) in [6, 6.07) is 7.84. The number of hydrogen-bond donors (Lipinski definition) is 2. The van der Waals surface area contributed by atoms with E-state index >= 15 is 0 Å². The van der Waals surface area contributed by atoms with Crippen LogP contribution in [0.25, 0.3) is 0 Å². The highest BCUT2D eigenvalue weighted by molar-refractivity contribution is 7.13. The highest BCUT2D eigenvalue weighted by Gasteiger charge is 2.05. The van der Waals surface area contributed by atoms with Crippen molar-refractivity contribution in [3.8, 4) is 5.75 Å². The van der Waals surface area contributed by atoms with Crippen LogP contribution in [0.15, 0.2) is 29.6 Å². The molecule has 5 nitrogen and oxygen atoms in total. The molecule has 20 heavy (non-hydrogen) atoms. The van der Waals surface area contributed by atoms with Crippen LogP contribution in [0.2, 0.25) is 0 Å². The van der Waals surface area contributed by atoms with Crippen LogP contribution in [-0.4, -0.2) is 22.7 Å². The Morgan fingerprint density at radius 1 is 1.40 bits per heavy atom. The minimum atomic E-state index is -0.867. The van der Waals surface area contributed by atoms with Crippen LogP contribution in [0.4, 0.5) is 5.13 Å². The number of carboxylic acid groups (broad SMARTS) is 1. The van der Waals surface area contributed by atoms with E-state index in [1.54, 1.807) is 5.38 Å². The van der Waals surface area contributed by atoms with Gasteiger partial charge >= 0.3 is 5.97 Å². The van der Waals surface area contributed by atoms with Crippen LogP contribution in [0.5, 0.6) is 5.75 Å². The van der Waals surface area contributed by atoms with E-state index in [0.29, 0.717) is 18.8 Å². The van der Waals surface area contributed by atoms with Crippen molar-refractivity contribution in [3.05, 3.63) is 40.9 Å². The molecule has 0 saturated carbocycles. The smallest absolute Gasteiger partial charge is 0.309 e. The van der Waals surface area contributed by atoms with Gasteiger partial charge in [-0.2, -0.15) is 0 Å². The number of nitrogens with one attached hydrogen (secondary N) is 1. The van der Waals surface area contributed by atoms with E-state index < -0.39 is 5.97 Å². The molecule has 0 bridgehead atoms. The molecule has 2 rings (SSSR count). The average Bonchev–Trinajstić information content (AvgIpc) is 2.85. The van der Waals surface area contributed by atoms with Gasteiger partial charge in [-0.1, -0.05) is 12.1 Å². The SMILES string of the molecule is CCOc1ccc(CNc2nc(CC(=O)O)cs2)cc1. The molecule has 0 saturated heterocycles. The van der Waals surface area contributed by atoms with Gasteiger partial charge in [0.1, 0.15) is 5.75 Å². The van der Waals surface area contributed by atoms with Gasteiger partial charge in [0.15, 0.2) is 5.13 Å². The molecule has 0 aliphatic heterocycles. The molecule has 0 unspecified atom stereocenters. The van der Waals surface area contributed by atoms with E-state index in [4.69, 9.17) is 9.84 Å². The second kappa shape index (κ2) is 6.91. The molecule has 0 atom stereocenters. The minimum absolute atomic E-state index is 0.0404. The fourth-order valence-corrected chi connectivity index (χ4v) is 2.38. The molecule has 2 N–H and O–H groups in total. The maximum absolute atomic E-state index is 10.6. The Balaban J connectivity index is 1.88. The number of thiazole rings is 1. The third kappa shape index (κ3) is 4.24. The lowest BCUT2D eigenvalue weighted by atomic mass is 10.2. The lowest BCUT2D eigenvalue weighted by Crippen LogP contribution is -2.02. The summed E-state index contributed by atoms with van der Waals surface area (Å²) in [5, 5.41) is 14.4. The Hall–Kier alpha value is -2.08. The first kappa shape index (κ1) is 14.3. The molecule has 0 radical (unpaired) electrons. The van der Waals surface area contributed by atoms with Crippen molar-refractivity contribution in [1.29, 1.82) is 0 Å². The second-order valence-corrected chi connectivity index (χ2v) is 5.00.